The summed E-state index contributed by atoms with van der Waals surface area (Å²) in [4.78, 5) is 27.9. The van der Waals surface area contributed by atoms with Crippen LogP contribution in [0.4, 0.5) is 5.82 Å². The largest absolute Gasteiger partial charge is 0.478 e. The third-order valence-electron chi connectivity index (χ3n) is 3.54. The number of nitrogens with one attached hydrogen (secondary N) is 1. The lowest BCUT2D eigenvalue weighted by Gasteiger charge is -2.16. The highest BCUT2D eigenvalue weighted by molar-refractivity contribution is 6.02. The summed E-state index contributed by atoms with van der Waals surface area (Å²) in [6.45, 7) is 7.69. The second kappa shape index (κ2) is 7.25. The molecule has 1 aromatic heterocycles. The van der Waals surface area contributed by atoms with Crippen molar-refractivity contribution in [1.82, 2.24) is 4.98 Å². The molecule has 24 heavy (non-hydrogen) atoms. The van der Waals surface area contributed by atoms with Gasteiger partial charge >= 0.3 is 5.97 Å². The van der Waals surface area contributed by atoms with Gasteiger partial charge in [0.1, 0.15) is 5.82 Å². The molecular formula is C19H22N2O3. The van der Waals surface area contributed by atoms with Crippen LogP contribution in [0.25, 0.3) is 11.3 Å². The van der Waals surface area contributed by atoms with Gasteiger partial charge in [0, 0.05) is 17.5 Å². The fourth-order valence-electron chi connectivity index (χ4n) is 2.30. The zero-order chi connectivity index (χ0) is 17.9. The molecule has 5 nitrogen and oxygen atoms in total. The van der Waals surface area contributed by atoms with Crippen LogP contribution in [-0.4, -0.2) is 27.9 Å². The molecule has 5 heteroatoms. The molecule has 0 atom stereocenters. The van der Waals surface area contributed by atoms with Crippen LogP contribution in [0.15, 0.2) is 36.4 Å². The lowest BCUT2D eigenvalue weighted by atomic mass is 10.00. The highest BCUT2D eigenvalue weighted by atomic mass is 16.4. The Bertz CT molecular complexity index is 750. The molecule has 1 aromatic carbocycles. The van der Waals surface area contributed by atoms with Gasteiger partial charge < -0.3 is 10.4 Å². The number of aromatic carboxylic acids is 1. The van der Waals surface area contributed by atoms with E-state index in [-0.39, 0.29) is 23.3 Å². The minimum absolute atomic E-state index is 0.0402. The Morgan fingerprint density at radius 1 is 1.00 bits per heavy atom. The molecule has 0 aliphatic heterocycles. The first-order chi connectivity index (χ1) is 11.3. The number of hydrogen-bond acceptors (Lipinski definition) is 4. The highest BCUT2D eigenvalue weighted by Gasteiger charge is 2.17. The van der Waals surface area contributed by atoms with Crippen LogP contribution in [0.2, 0.25) is 0 Å². The van der Waals surface area contributed by atoms with Crippen molar-refractivity contribution in [2.75, 3.05) is 5.32 Å². The molecule has 0 saturated heterocycles. The molecule has 126 valence electrons. The first-order valence-corrected chi connectivity index (χ1v) is 7.95. The number of anilines is 1. The van der Waals surface area contributed by atoms with Gasteiger partial charge in [-0.05, 0) is 38.1 Å². The second-order valence-corrected chi connectivity index (χ2v) is 6.29. The predicted octanol–water partition coefficient (Wildman–Crippen LogP) is 4.11. The molecule has 0 unspecified atom stereocenters. The zero-order valence-electron chi connectivity index (χ0n) is 14.3. The van der Waals surface area contributed by atoms with Crippen LogP contribution in [-0.2, 0) is 0 Å². The van der Waals surface area contributed by atoms with Gasteiger partial charge in [0.25, 0.3) is 0 Å². The quantitative estimate of drug-likeness (QED) is 0.781. The maximum absolute atomic E-state index is 12.4. The second-order valence-electron chi connectivity index (χ2n) is 6.29. The van der Waals surface area contributed by atoms with Crippen LogP contribution < -0.4 is 5.32 Å². The van der Waals surface area contributed by atoms with Crippen molar-refractivity contribution in [2.45, 2.75) is 33.7 Å². The van der Waals surface area contributed by atoms with Crippen molar-refractivity contribution < 1.29 is 14.7 Å². The van der Waals surface area contributed by atoms with E-state index in [4.69, 9.17) is 5.11 Å². The van der Waals surface area contributed by atoms with E-state index in [2.05, 4.69) is 10.3 Å². The SMILES string of the molecule is CC(C)Nc1nc(-c2ccc(C(=O)O)cc2)ccc1C(=O)C(C)C. The lowest BCUT2D eigenvalue weighted by Crippen LogP contribution is -2.17. The number of carbonyl (C=O) groups is 2. The Hall–Kier alpha value is -2.69. The highest BCUT2D eigenvalue weighted by Crippen LogP contribution is 2.24. The van der Waals surface area contributed by atoms with E-state index in [1.807, 2.05) is 27.7 Å². The van der Waals surface area contributed by atoms with E-state index in [0.29, 0.717) is 17.1 Å². The maximum atomic E-state index is 12.4. The molecule has 1 heterocycles. The van der Waals surface area contributed by atoms with Crippen LogP contribution in [0, 0.1) is 5.92 Å². The average molecular weight is 326 g/mol. The number of benzene rings is 1. The number of hydrogen-bond donors (Lipinski definition) is 2. The number of carboxylic acid groups (broad SMARTS) is 1. The Kier molecular flexibility index (Phi) is 5.34. The monoisotopic (exact) mass is 326 g/mol. The van der Waals surface area contributed by atoms with E-state index >= 15 is 0 Å². The molecular weight excluding hydrogens is 304 g/mol. The Balaban J connectivity index is 2.45. The first kappa shape index (κ1) is 17.7. The summed E-state index contributed by atoms with van der Waals surface area (Å²) in [7, 11) is 0. The molecule has 2 rings (SSSR count). The van der Waals surface area contributed by atoms with Gasteiger partial charge in [-0.1, -0.05) is 26.0 Å². The van der Waals surface area contributed by atoms with Crippen LogP contribution in [0.3, 0.4) is 0 Å². The molecule has 0 aliphatic carbocycles. The minimum atomic E-state index is -0.963. The molecule has 0 radical (unpaired) electrons. The fourth-order valence-corrected chi connectivity index (χ4v) is 2.30. The summed E-state index contributed by atoms with van der Waals surface area (Å²) in [5.41, 5.74) is 2.29. The third kappa shape index (κ3) is 3.98. The van der Waals surface area contributed by atoms with Crippen molar-refractivity contribution in [3.63, 3.8) is 0 Å². The molecule has 0 bridgehead atoms. The molecule has 2 aromatic rings. The summed E-state index contributed by atoms with van der Waals surface area (Å²) >= 11 is 0. The van der Waals surface area contributed by atoms with E-state index in [1.165, 1.54) is 0 Å². The zero-order valence-corrected chi connectivity index (χ0v) is 14.3. The van der Waals surface area contributed by atoms with Crippen LogP contribution >= 0.6 is 0 Å². The Morgan fingerprint density at radius 2 is 1.62 bits per heavy atom. The van der Waals surface area contributed by atoms with Crippen LogP contribution in [0.5, 0.6) is 0 Å². The van der Waals surface area contributed by atoms with Gasteiger partial charge in [-0.15, -0.1) is 0 Å². The van der Waals surface area contributed by atoms with E-state index < -0.39 is 5.97 Å². The van der Waals surface area contributed by atoms with Crippen molar-refractivity contribution >= 4 is 17.6 Å². The molecule has 0 saturated carbocycles. The van der Waals surface area contributed by atoms with Gasteiger partial charge in [-0.25, -0.2) is 9.78 Å². The summed E-state index contributed by atoms with van der Waals surface area (Å²) in [6, 6.07) is 10.2. The standard InChI is InChI=1S/C19H22N2O3/c1-11(2)17(22)15-9-10-16(21-18(15)20-12(3)4)13-5-7-14(8-6-13)19(23)24/h5-12H,1-4H3,(H,20,21)(H,23,24). The Labute approximate surface area is 141 Å². The number of ketones is 1. The number of nitrogens with zero attached hydrogens (tertiary/aromatic N) is 1. The number of rotatable bonds is 6. The van der Waals surface area contributed by atoms with Crippen molar-refractivity contribution in [2.24, 2.45) is 5.92 Å². The summed E-state index contributed by atoms with van der Waals surface area (Å²) in [5.74, 6) is -0.475. The third-order valence-corrected chi connectivity index (χ3v) is 3.54. The van der Waals surface area contributed by atoms with Gasteiger partial charge in [0.15, 0.2) is 5.78 Å². The van der Waals surface area contributed by atoms with Crippen molar-refractivity contribution in [1.29, 1.82) is 0 Å². The number of aromatic nitrogens is 1. The average Bonchev–Trinajstić information content (AvgIpc) is 2.53. The normalized spacial score (nSPS) is 10.9. The van der Waals surface area contributed by atoms with E-state index in [0.717, 1.165) is 5.56 Å². The summed E-state index contributed by atoms with van der Waals surface area (Å²) in [6.07, 6.45) is 0. The lowest BCUT2D eigenvalue weighted by molar-refractivity contribution is 0.0696. The number of carboxylic acids is 1. The summed E-state index contributed by atoms with van der Waals surface area (Å²) in [5, 5.41) is 12.2. The van der Waals surface area contributed by atoms with E-state index in [9.17, 15) is 9.59 Å². The molecule has 0 spiro atoms. The Morgan fingerprint density at radius 3 is 2.12 bits per heavy atom. The van der Waals surface area contributed by atoms with Gasteiger partial charge in [-0.2, -0.15) is 0 Å². The molecule has 2 N–H and O–H groups in total. The minimum Gasteiger partial charge on any atom is -0.478 e. The van der Waals surface area contributed by atoms with Crippen molar-refractivity contribution in [3.05, 3.63) is 47.5 Å². The van der Waals surface area contributed by atoms with Gasteiger partial charge in [0.2, 0.25) is 0 Å². The van der Waals surface area contributed by atoms with Crippen molar-refractivity contribution in [3.8, 4) is 11.3 Å². The smallest absolute Gasteiger partial charge is 0.335 e. The van der Waals surface area contributed by atoms with Crippen LogP contribution in [0.1, 0.15) is 48.4 Å². The van der Waals surface area contributed by atoms with Gasteiger partial charge in [-0.3, -0.25) is 4.79 Å². The summed E-state index contributed by atoms with van der Waals surface area (Å²) < 4.78 is 0. The number of pyridine rings is 1. The molecule has 0 amide bonds. The van der Waals surface area contributed by atoms with E-state index in [1.54, 1.807) is 36.4 Å². The molecule has 0 aliphatic rings. The topological polar surface area (TPSA) is 79.3 Å². The fraction of sp³-hybridized carbons (Fsp3) is 0.316. The number of carbonyl (C=O) groups excluding carboxylic acids is 1. The number of Topliss-reactive ketones (excluding diaryl/α,β-unsaturated/α-hetero) is 1. The predicted molar refractivity (Wildman–Crippen MR) is 94.6 cm³/mol. The van der Waals surface area contributed by atoms with Gasteiger partial charge in [0.05, 0.1) is 16.8 Å². The maximum Gasteiger partial charge on any atom is 0.335 e. The molecule has 0 fully saturated rings. The first-order valence-electron chi connectivity index (χ1n) is 7.95.